The Morgan fingerprint density at radius 1 is 1.30 bits per heavy atom. The fourth-order valence-corrected chi connectivity index (χ4v) is 2.36. The van der Waals surface area contributed by atoms with Gasteiger partial charge < -0.3 is 5.32 Å². The van der Waals surface area contributed by atoms with Crippen LogP contribution in [0, 0.1) is 5.92 Å². The third-order valence-corrected chi connectivity index (χ3v) is 3.60. The summed E-state index contributed by atoms with van der Waals surface area (Å²) in [7, 11) is 0. The number of amides is 1. The molecule has 20 heavy (non-hydrogen) atoms. The maximum absolute atomic E-state index is 12.1. The van der Waals surface area contributed by atoms with Crippen LogP contribution in [-0.2, 0) is 0 Å². The smallest absolute Gasteiger partial charge is 0.251 e. The van der Waals surface area contributed by atoms with Crippen LogP contribution in [0.4, 0.5) is 0 Å². The van der Waals surface area contributed by atoms with Gasteiger partial charge in [0.1, 0.15) is 0 Å². The van der Waals surface area contributed by atoms with E-state index in [1.165, 1.54) is 0 Å². The molecule has 4 nitrogen and oxygen atoms in total. The second-order valence-corrected chi connectivity index (χ2v) is 5.10. The van der Waals surface area contributed by atoms with Crippen molar-refractivity contribution in [3.05, 3.63) is 36.2 Å². The van der Waals surface area contributed by atoms with Gasteiger partial charge >= 0.3 is 0 Å². The lowest BCUT2D eigenvalue weighted by molar-refractivity contribution is 0.0946. The number of nitrogens with zero attached hydrogens (tertiary/aromatic N) is 2. The average molecular weight is 292 g/mol. The van der Waals surface area contributed by atoms with E-state index in [2.05, 4.69) is 22.2 Å². The van der Waals surface area contributed by atoms with E-state index in [-0.39, 0.29) is 5.91 Å². The van der Waals surface area contributed by atoms with E-state index < -0.39 is 0 Å². The van der Waals surface area contributed by atoms with Gasteiger partial charge in [-0.15, -0.1) is 11.6 Å². The number of hydrogen-bond donors (Lipinski definition) is 1. The molecule has 0 saturated carbocycles. The minimum absolute atomic E-state index is 0.0782. The second-order valence-electron chi connectivity index (χ2n) is 4.72. The van der Waals surface area contributed by atoms with Crippen molar-refractivity contribution in [2.45, 2.75) is 19.8 Å². The quantitative estimate of drug-likeness (QED) is 0.832. The number of carbonyl (C=O) groups is 1. The second kappa shape index (κ2) is 7.20. The topological polar surface area (TPSA) is 54.9 Å². The summed E-state index contributed by atoms with van der Waals surface area (Å²) in [6, 6.07) is 5.35. The number of hydrogen-bond acceptors (Lipinski definition) is 3. The molecule has 0 spiro atoms. The van der Waals surface area contributed by atoms with Crippen LogP contribution in [0.25, 0.3) is 11.0 Å². The van der Waals surface area contributed by atoms with Gasteiger partial charge in [0.25, 0.3) is 5.91 Å². The summed E-state index contributed by atoms with van der Waals surface area (Å²) in [5, 5.41) is 2.95. The summed E-state index contributed by atoms with van der Waals surface area (Å²) in [6.45, 7) is 2.76. The predicted octanol–water partition coefficient (Wildman–Crippen LogP) is 3.01. The van der Waals surface area contributed by atoms with Crippen LogP contribution in [0.2, 0.25) is 0 Å². The summed E-state index contributed by atoms with van der Waals surface area (Å²) >= 11 is 5.74. The van der Waals surface area contributed by atoms with Gasteiger partial charge in [-0.3, -0.25) is 14.8 Å². The third-order valence-electron chi connectivity index (χ3n) is 3.38. The summed E-state index contributed by atoms with van der Waals surface area (Å²) in [4.78, 5) is 20.5. The standard InChI is InChI=1S/C15H18ClN3O/c1-2-11(5-6-16)10-19-15(20)12-3-4-13-14(9-12)18-8-7-17-13/h3-4,7-9,11H,2,5-6,10H2,1H3,(H,19,20). The SMILES string of the molecule is CCC(CCCl)CNC(=O)c1ccc2nccnc2c1. The van der Waals surface area contributed by atoms with E-state index in [0.717, 1.165) is 23.9 Å². The molecule has 2 aromatic rings. The maximum Gasteiger partial charge on any atom is 0.251 e. The Bertz CT molecular complexity index is 588. The highest BCUT2D eigenvalue weighted by atomic mass is 35.5. The molecule has 0 bridgehead atoms. The molecule has 0 radical (unpaired) electrons. The molecule has 1 amide bonds. The van der Waals surface area contributed by atoms with Gasteiger partial charge in [-0.2, -0.15) is 0 Å². The van der Waals surface area contributed by atoms with Gasteiger partial charge in [0.05, 0.1) is 11.0 Å². The van der Waals surface area contributed by atoms with E-state index in [0.29, 0.717) is 23.9 Å². The Labute approximate surface area is 123 Å². The first kappa shape index (κ1) is 14.7. The van der Waals surface area contributed by atoms with Crippen molar-refractivity contribution in [1.82, 2.24) is 15.3 Å². The van der Waals surface area contributed by atoms with E-state index in [1.54, 1.807) is 24.5 Å². The molecule has 2 rings (SSSR count). The molecule has 1 N–H and O–H groups in total. The lowest BCUT2D eigenvalue weighted by Crippen LogP contribution is -2.29. The molecule has 0 aliphatic carbocycles. The van der Waals surface area contributed by atoms with Gasteiger partial charge in [-0.25, -0.2) is 0 Å². The number of benzene rings is 1. The van der Waals surface area contributed by atoms with Gasteiger partial charge in [0.15, 0.2) is 0 Å². The van der Waals surface area contributed by atoms with Crippen LogP contribution >= 0.6 is 11.6 Å². The van der Waals surface area contributed by atoms with Gasteiger partial charge in [-0.05, 0) is 30.5 Å². The van der Waals surface area contributed by atoms with E-state index >= 15 is 0 Å². The monoisotopic (exact) mass is 291 g/mol. The molecule has 1 heterocycles. The third kappa shape index (κ3) is 3.67. The highest BCUT2D eigenvalue weighted by Crippen LogP contribution is 2.12. The van der Waals surface area contributed by atoms with Crippen molar-refractivity contribution in [2.75, 3.05) is 12.4 Å². The molecule has 5 heteroatoms. The normalized spacial score (nSPS) is 12.3. The summed E-state index contributed by atoms with van der Waals surface area (Å²) < 4.78 is 0. The van der Waals surface area contributed by atoms with Crippen LogP contribution < -0.4 is 5.32 Å². The summed E-state index contributed by atoms with van der Waals surface area (Å²) in [6.07, 6.45) is 5.19. The minimum Gasteiger partial charge on any atom is -0.352 e. The van der Waals surface area contributed by atoms with Gasteiger partial charge in [-0.1, -0.05) is 13.3 Å². The average Bonchev–Trinajstić information content (AvgIpc) is 2.50. The molecule has 1 aromatic carbocycles. The van der Waals surface area contributed by atoms with Crippen LogP contribution in [0.1, 0.15) is 30.1 Å². The van der Waals surface area contributed by atoms with E-state index in [9.17, 15) is 4.79 Å². The Hall–Kier alpha value is -1.68. The van der Waals surface area contributed by atoms with E-state index in [1.807, 2.05) is 6.07 Å². The Balaban J connectivity index is 2.03. The van der Waals surface area contributed by atoms with Crippen molar-refractivity contribution in [3.63, 3.8) is 0 Å². The van der Waals surface area contributed by atoms with Crippen molar-refractivity contribution in [3.8, 4) is 0 Å². The fraction of sp³-hybridized carbons (Fsp3) is 0.400. The number of rotatable bonds is 6. The maximum atomic E-state index is 12.1. The number of aromatic nitrogens is 2. The molecule has 0 saturated heterocycles. The molecule has 1 unspecified atom stereocenters. The first-order valence-electron chi connectivity index (χ1n) is 6.79. The van der Waals surface area contributed by atoms with Crippen molar-refractivity contribution in [1.29, 1.82) is 0 Å². The Morgan fingerprint density at radius 3 is 2.75 bits per heavy atom. The first-order chi connectivity index (χ1) is 9.74. The fourth-order valence-electron chi connectivity index (χ4n) is 2.05. The molecule has 0 fully saturated rings. The molecule has 0 aliphatic heterocycles. The van der Waals surface area contributed by atoms with Crippen molar-refractivity contribution >= 4 is 28.5 Å². The molecular formula is C15H18ClN3O. The minimum atomic E-state index is -0.0782. The lowest BCUT2D eigenvalue weighted by Gasteiger charge is -2.14. The zero-order valence-electron chi connectivity index (χ0n) is 11.5. The lowest BCUT2D eigenvalue weighted by atomic mass is 10.0. The Morgan fingerprint density at radius 2 is 2.05 bits per heavy atom. The highest BCUT2D eigenvalue weighted by molar-refractivity contribution is 6.17. The summed E-state index contributed by atoms with van der Waals surface area (Å²) in [5.41, 5.74) is 2.13. The highest BCUT2D eigenvalue weighted by Gasteiger charge is 2.10. The molecule has 1 atom stereocenters. The van der Waals surface area contributed by atoms with Gasteiger partial charge in [0.2, 0.25) is 0 Å². The predicted molar refractivity (Wildman–Crippen MR) is 81.0 cm³/mol. The number of carbonyl (C=O) groups excluding carboxylic acids is 1. The zero-order chi connectivity index (χ0) is 14.4. The van der Waals surface area contributed by atoms with Crippen molar-refractivity contribution < 1.29 is 4.79 Å². The Kier molecular flexibility index (Phi) is 5.30. The van der Waals surface area contributed by atoms with E-state index in [4.69, 9.17) is 11.6 Å². The molecule has 0 aliphatic rings. The van der Waals surface area contributed by atoms with Crippen molar-refractivity contribution in [2.24, 2.45) is 5.92 Å². The zero-order valence-corrected chi connectivity index (χ0v) is 12.2. The molecule has 106 valence electrons. The van der Waals surface area contributed by atoms with Crippen LogP contribution in [0.15, 0.2) is 30.6 Å². The summed E-state index contributed by atoms with van der Waals surface area (Å²) in [5.74, 6) is 0.974. The number of alkyl halides is 1. The first-order valence-corrected chi connectivity index (χ1v) is 7.33. The number of nitrogens with one attached hydrogen (secondary N) is 1. The molecular weight excluding hydrogens is 274 g/mol. The van der Waals surface area contributed by atoms with Crippen LogP contribution in [0.3, 0.4) is 0 Å². The van der Waals surface area contributed by atoms with Crippen LogP contribution in [0.5, 0.6) is 0 Å². The number of halogens is 1. The van der Waals surface area contributed by atoms with Crippen LogP contribution in [-0.4, -0.2) is 28.3 Å². The van der Waals surface area contributed by atoms with Gasteiger partial charge in [0, 0.05) is 30.4 Å². The molecule has 1 aromatic heterocycles. The number of fused-ring (bicyclic) bond motifs is 1. The largest absolute Gasteiger partial charge is 0.352 e.